The van der Waals surface area contributed by atoms with E-state index < -0.39 is 0 Å². The lowest BCUT2D eigenvalue weighted by molar-refractivity contribution is -0.129. The third kappa shape index (κ3) is 2.46. The maximum Gasteiger partial charge on any atom is 0.223 e. The minimum Gasteiger partial charge on any atom is -0.496 e. The zero-order valence-corrected chi connectivity index (χ0v) is 12.7. The fraction of sp³-hybridized carbons (Fsp3) is 0.562. The average molecular weight is 289 g/mol. The minimum absolute atomic E-state index is 0.0839. The number of piperazine rings is 1. The van der Waals surface area contributed by atoms with Crippen molar-refractivity contribution in [1.29, 1.82) is 0 Å². The van der Waals surface area contributed by atoms with E-state index in [4.69, 9.17) is 10.5 Å². The van der Waals surface area contributed by atoms with Crippen LogP contribution in [0.25, 0.3) is 0 Å². The molecule has 1 aromatic rings. The zero-order valence-electron chi connectivity index (χ0n) is 12.7. The Hall–Kier alpha value is -1.75. The van der Waals surface area contributed by atoms with Crippen molar-refractivity contribution >= 4 is 11.6 Å². The maximum atomic E-state index is 11.8. The van der Waals surface area contributed by atoms with E-state index in [1.165, 1.54) is 0 Å². The molecule has 0 radical (unpaired) electrons. The van der Waals surface area contributed by atoms with Crippen LogP contribution in [0.3, 0.4) is 0 Å². The summed E-state index contributed by atoms with van der Waals surface area (Å²) in [6, 6.07) is 6.33. The summed E-state index contributed by atoms with van der Waals surface area (Å²) in [5.74, 6) is 1.14. The van der Waals surface area contributed by atoms with Crippen LogP contribution in [-0.2, 0) is 4.79 Å². The second kappa shape index (κ2) is 5.56. The van der Waals surface area contributed by atoms with Crippen molar-refractivity contribution in [2.45, 2.75) is 31.8 Å². The van der Waals surface area contributed by atoms with E-state index >= 15 is 0 Å². The molecule has 5 heteroatoms. The quantitative estimate of drug-likeness (QED) is 0.916. The number of nitrogens with two attached hydrogens (primary N) is 1. The van der Waals surface area contributed by atoms with Crippen LogP contribution in [0.1, 0.15) is 31.4 Å². The molecule has 5 nitrogen and oxygen atoms in total. The van der Waals surface area contributed by atoms with E-state index in [1.807, 2.05) is 24.0 Å². The van der Waals surface area contributed by atoms with Crippen LogP contribution in [0.2, 0.25) is 0 Å². The minimum atomic E-state index is -0.0839. The Kier molecular flexibility index (Phi) is 3.76. The van der Waals surface area contributed by atoms with Crippen molar-refractivity contribution in [1.82, 2.24) is 4.90 Å². The van der Waals surface area contributed by atoms with Gasteiger partial charge in [-0.3, -0.25) is 4.79 Å². The summed E-state index contributed by atoms with van der Waals surface area (Å²) in [4.78, 5) is 16.2. The van der Waals surface area contributed by atoms with E-state index in [9.17, 15) is 4.79 Å². The first-order valence-electron chi connectivity index (χ1n) is 7.58. The third-order valence-corrected chi connectivity index (χ3v) is 4.55. The molecule has 0 aromatic heterocycles. The summed E-state index contributed by atoms with van der Waals surface area (Å²) < 4.78 is 5.47. The average Bonchev–Trinajstić information content (AvgIpc) is 2.87. The smallest absolute Gasteiger partial charge is 0.223 e. The maximum absolute atomic E-state index is 11.8. The first-order valence-corrected chi connectivity index (χ1v) is 7.58. The molecule has 2 aliphatic heterocycles. The molecule has 0 bridgehead atoms. The van der Waals surface area contributed by atoms with Crippen LogP contribution in [-0.4, -0.2) is 43.6 Å². The fourth-order valence-corrected chi connectivity index (χ4v) is 3.53. The van der Waals surface area contributed by atoms with E-state index in [-0.39, 0.29) is 6.04 Å². The van der Waals surface area contributed by atoms with Gasteiger partial charge < -0.3 is 20.3 Å². The number of nitrogens with zero attached hydrogens (tertiary/aromatic N) is 2. The zero-order chi connectivity index (χ0) is 15.0. The summed E-state index contributed by atoms with van der Waals surface area (Å²) in [7, 11) is 1.68. The van der Waals surface area contributed by atoms with Gasteiger partial charge in [0.05, 0.1) is 7.11 Å². The van der Waals surface area contributed by atoms with Crippen LogP contribution in [0.5, 0.6) is 5.75 Å². The highest BCUT2D eigenvalue weighted by molar-refractivity contribution is 5.79. The van der Waals surface area contributed by atoms with E-state index in [0.29, 0.717) is 18.4 Å². The van der Waals surface area contributed by atoms with Crippen LogP contribution in [0.4, 0.5) is 5.69 Å². The number of carbonyl (C=O) groups is 1. The molecule has 1 amide bonds. The Morgan fingerprint density at radius 1 is 1.38 bits per heavy atom. The largest absolute Gasteiger partial charge is 0.496 e. The molecule has 2 aliphatic rings. The summed E-state index contributed by atoms with van der Waals surface area (Å²) in [5, 5.41) is 0. The number of hydrogen-bond acceptors (Lipinski definition) is 4. The summed E-state index contributed by atoms with van der Waals surface area (Å²) in [6.45, 7) is 4.53. The van der Waals surface area contributed by atoms with E-state index in [0.717, 1.165) is 43.1 Å². The van der Waals surface area contributed by atoms with Crippen molar-refractivity contribution < 1.29 is 9.53 Å². The standard InChI is InChI=1S/C16H23N3O2/c1-11(17)16-13(4-3-5-14(16)21-2)18-8-9-19-12(10-18)6-7-15(19)20/h3-5,11-12H,6-10,17H2,1-2H3. The van der Waals surface area contributed by atoms with Crippen molar-refractivity contribution in [3.8, 4) is 5.75 Å². The fourth-order valence-electron chi connectivity index (χ4n) is 3.53. The molecular weight excluding hydrogens is 266 g/mol. The van der Waals surface area contributed by atoms with Crippen molar-refractivity contribution in [2.24, 2.45) is 5.73 Å². The molecule has 114 valence electrons. The predicted molar refractivity (Wildman–Crippen MR) is 82.5 cm³/mol. The van der Waals surface area contributed by atoms with Crippen molar-refractivity contribution in [3.63, 3.8) is 0 Å². The first-order chi connectivity index (χ1) is 10.1. The number of hydrogen-bond donors (Lipinski definition) is 1. The van der Waals surface area contributed by atoms with E-state index in [1.54, 1.807) is 7.11 Å². The third-order valence-electron chi connectivity index (χ3n) is 4.55. The normalized spacial score (nSPS) is 23.2. The molecule has 3 rings (SSSR count). The van der Waals surface area contributed by atoms with Crippen molar-refractivity contribution in [3.05, 3.63) is 23.8 Å². The molecule has 0 saturated carbocycles. The van der Waals surface area contributed by atoms with Crippen LogP contribution in [0.15, 0.2) is 18.2 Å². The molecule has 1 aromatic carbocycles. The Labute approximate surface area is 125 Å². The topological polar surface area (TPSA) is 58.8 Å². The molecule has 2 unspecified atom stereocenters. The first kappa shape index (κ1) is 14.2. The lowest BCUT2D eigenvalue weighted by Gasteiger charge is -2.40. The van der Waals surface area contributed by atoms with Gasteiger partial charge in [-0.15, -0.1) is 0 Å². The number of benzene rings is 1. The predicted octanol–water partition coefficient (Wildman–Crippen LogP) is 1.53. The molecule has 2 N–H and O–H groups in total. The number of carbonyl (C=O) groups excluding carboxylic acids is 1. The second-order valence-electron chi connectivity index (χ2n) is 5.91. The molecule has 2 fully saturated rings. The van der Waals surface area contributed by atoms with Gasteiger partial charge in [-0.05, 0) is 25.5 Å². The lowest BCUT2D eigenvalue weighted by atomic mass is 10.0. The number of ether oxygens (including phenoxy) is 1. The van der Waals surface area contributed by atoms with Gasteiger partial charge in [0, 0.05) is 49.4 Å². The van der Waals surface area contributed by atoms with Gasteiger partial charge >= 0.3 is 0 Å². The van der Waals surface area contributed by atoms with Gasteiger partial charge in [0.1, 0.15) is 5.75 Å². The monoisotopic (exact) mass is 289 g/mol. The molecular formula is C16H23N3O2. The van der Waals surface area contributed by atoms with Gasteiger partial charge in [-0.2, -0.15) is 0 Å². The Morgan fingerprint density at radius 3 is 2.90 bits per heavy atom. The second-order valence-corrected chi connectivity index (χ2v) is 5.91. The Morgan fingerprint density at radius 2 is 2.19 bits per heavy atom. The summed E-state index contributed by atoms with van der Waals surface area (Å²) >= 11 is 0. The SMILES string of the molecule is COc1cccc(N2CCN3C(=O)CCC3C2)c1C(C)N. The lowest BCUT2D eigenvalue weighted by Crippen LogP contribution is -2.51. The van der Waals surface area contributed by atoms with Crippen LogP contribution in [0, 0.1) is 0 Å². The highest BCUT2D eigenvalue weighted by Gasteiger charge is 2.36. The summed E-state index contributed by atoms with van der Waals surface area (Å²) in [5.41, 5.74) is 8.35. The molecule has 2 heterocycles. The molecule has 0 aliphatic carbocycles. The molecule has 2 saturated heterocycles. The molecule has 2 atom stereocenters. The van der Waals surface area contributed by atoms with Gasteiger partial charge in [0.2, 0.25) is 5.91 Å². The van der Waals surface area contributed by atoms with Crippen LogP contribution < -0.4 is 15.4 Å². The Bertz CT molecular complexity index is 544. The highest BCUT2D eigenvalue weighted by atomic mass is 16.5. The van der Waals surface area contributed by atoms with Gasteiger partial charge in [0.25, 0.3) is 0 Å². The Balaban J connectivity index is 1.89. The number of anilines is 1. The van der Waals surface area contributed by atoms with Crippen LogP contribution >= 0.6 is 0 Å². The number of rotatable bonds is 3. The van der Waals surface area contributed by atoms with Gasteiger partial charge in [-0.1, -0.05) is 6.07 Å². The highest BCUT2D eigenvalue weighted by Crippen LogP contribution is 2.35. The van der Waals surface area contributed by atoms with Crippen molar-refractivity contribution in [2.75, 3.05) is 31.6 Å². The van der Waals surface area contributed by atoms with Gasteiger partial charge in [-0.25, -0.2) is 0 Å². The number of fused-ring (bicyclic) bond motifs is 1. The number of methoxy groups -OCH3 is 1. The number of amides is 1. The summed E-state index contributed by atoms with van der Waals surface area (Å²) in [6.07, 6.45) is 1.66. The van der Waals surface area contributed by atoms with E-state index in [2.05, 4.69) is 11.0 Å². The molecule has 21 heavy (non-hydrogen) atoms. The van der Waals surface area contributed by atoms with Gasteiger partial charge in [0.15, 0.2) is 0 Å². The molecule has 0 spiro atoms.